The molecule has 98 valence electrons. The molecular formula is C15H21NO2. The third-order valence-electron chi connectivity index (χ3n) is 3.80. The van der Waals surface area contributed by atoms with Gasteiger partial charge in [-0.05, 0) is 31.9 Å². The average molecular weight is 247 g/mol. The maximum atomic E-state index is 11.3. The summed E-state index contributed by atoms with van der Waals surface area (Å²) >= 11 is 0. The van der Waals surface area contributed by atoms with E-state index in [0.29, 0.717) is 6.04 Å². The van der Waals surface area contributed by atoms with Crippen molar-refractivity contribution in [3.8, 4) is 0 Å². The second-order valence-electron chi connectivity index (χ2n) is 5.05. The van der Waals surface area contributed by atoms with E-state index in [1.807, 2.05) is 30.3 Å². The predicted molar refractivity (Wildman–Crippen MR) is 72.9 cm³/mol. The Morgan fingerprint density at radius 1 is 1.22 bits per heavy atom. The molecule has 0 bridgehead atoms. The van der Waals surface area contributed by atoms with E-state index in [2.05, 4.69) is 4.90 Å². The van der Waals surface area contributed by atoms with Gasteiger partial charge in [-0.25, -0.2) is 4.79 Å². The molecule has 1 N–H and O–H groups in total. The Morgan fingerprint density at radius 3 is 2.39 bits per heavy atom. The second kappa shape index (κ2) is 5.89. The second-order valence-corrected chi connectivity index (χ2v) is 5.05. The van der Waals surface area contributed by atoms with Crippen LogP contribution in [0.1, 0.15) is 39.0 Å². The lowest BCUT2D eigenvalue weighted by atomic mass is 9.92. The van der Waals surface area contributed by atoms with Gasteiger partial charge in [0.2, 0.25) is 0 Å². The molecule has 0 aromatic heterocycles. The van der Waals surface area contributed by atoms with E-state index in [1.54, 1.807) is 6.92 Å². The van der Waals surface area contributed by atoms with Crippen molar-refractivity contribution < 1.29 is 9.90 Å². The number of hydrogen-bond acceptors (Lipinski definition) is 2. The molecule has 3 heteroatoms. The number of hydrogen-bond donors (Lipinski definition) is 1. The van der Waals surface area contributed by atoms with Crippen molar-refractivity contribution in [1.82, 2.24) is 0 Å². The summed E-state index contributed by atoms with van der Waals surface area (Å²) in [6, 6.07) is 9.83. The van der Waals surface area contributed by atoms with Crippen LogP contribution in [0.3, 0.4) is 0 Å². The Hall–Kier alpha value is -1.51. The zero-order valence-corrected chi connectivity index (χ0v) is 10.9. The standard InChI is InChI=1S/C15H21NO2/c1-12(15(17)18)16(13-8-4-2-5-9-13)14-10-6-3-7-11-14/h2,4-5,8-9,12,14H,3,6-7,10-11H2,1H3,(H,17,18). The van der Waals surface area contributed by atoms with Gasteiger partial charge in [0.15, 0.2) is 0 Å². The molecule has 1 saturated carbocycles. The average Bonchev–Trinajstić information content (AvgIpc) is 2.41. The van der Waals surface area contributed by atoms with Gasteiger partial charge in [0, 0.05) is 11.7 Å². The van der Waals surface area contributed by atoms with Gasteiger partial charge in [-0.3, -0.25) is 0 Å². The van der Waals surface area contributed by atoms with Gasteiger partial charge in [-0.15, -0.1) is 0 Å². The Balaban J connectivity index is 2.25. The van der Waals surface area contributed by atoms with E-state index in [0.717, 1.165) is 18.5 Å². The van der Waals surface area contributed by atoms with E-state index in [1.165, 1.54) is 19.3 Å². The summed E-state index contributed by atoms with van der Waals surface area (Å²) in [6.45, 7) is 1.78. The van der Waals surface area contributed by atoms with Crippen LogP contribution in [0.5, 0.6) is 0 Å². The van der Waals surface area contributed by atoms with Crippen LogP contribution in [-0.4, -0.2) is 23.2 Å². The van der Waals surface area contributed by atoms with Crippen molar-refractivity contribution in [3.63, 3.8) is 0 Å². The van der Waals surface area contributed by atoms with E-state index in [4.69, 9.17) is 0 Å². The lowest BCUT2D eigenvalue weighted by molar-refractivity contribution is -0.138. The van der Waals surface area contributed by atoms with Crippen molar-refractivity contribution in [2.45, 2.75) is 51.1 Å². The van der Waals surface area contributed by atoms with E-state index < -0.39 is 12.0 Å². The number of carboxylic acid groups (broad SMARTS) is 1. The predicted octanol–water partition coefficient (Wildman–Crippen LogP) is 3.30. The summed E-state index contributed by atoms with van der Waals surface area (Å²) < 4.78 is 0. The zero-order valence-electron chi connectivity index (χ0n) is 10.9. The number of aliphatic carboxylic acids is 1. The van der Waals surface area contributed by atoms with Gasteiger partial charge in [0.05, 0.1) is 0 Å². The quantitative estimate of drug-likeness (QED) is 0.887. The molecular weight excluding hydrogens is 226 g/mol. The van der Waals surface area contributed by atoms with Crippen molar-refractivity contribution in [2.75, 3.05) is 4.90 Å². The number of benzene rings is 1. The van der Waals surface area contributed by atoms with Crippen LogP contribution in [0, 0.1) is 0 Å². The summed E-state index contributed by atoms with van der Waals surface area (Å²) in [5.74, 6) is -0.746. The molecule has 1 fully saturated rings. The monoisotopic (exact) mass is 247 g/mol. The highest BCUT2D eigenvalue weighted by Gasteiger charge is 2.29. The van der Waals surface area contributed by atoms with Crippen molar-refractivity contribution in [3.05, 3.63) is 30.3 Å². The van der Waals surface area contributed by atoms with E-state index in [-0.39, 0.29) is 0 Å². The Bertz CT molecular complexity index is 385. The molecule has 1 aromatic rings. The van der Waals surface area contributed by atoms with Gasteiger partial charge in [0.25, 0.3) is 0 Å². The molecule has 18 heavy (non-hydrogen) atoms. The van der Waals surface area contributed by atoms with Crippen LogP contribution in [0.4, 0.5) is 5.69 Å². The molecule has 2 rings (SSSR count). The fraction of sp³-hybridized carbons (Fsp3) is 0.533. The lowest BCUT2D eigenvalue weighted by Crippen LogP contribution is -2.46. The minimum atomic E-state index is -0.746. The molecule has 0 spiro atoms. The SMILES string of the molecule is CC(C(=O)O)N(c1ccccc1)C1CCCCC1. The molecule has 3 nitrogen and oxygen atoms in total. The summed E-state index contributed by atoms with van der Waals surface area (Å²) in [5, 5.41) is 9.30. The van der Waals surface area contributed by atoms with Crippen LogP contribution in [-0.2, 0) is 4.79 Å². The van der Waals surface area contributed by atoms with Crippen LogP contribution in [0.15, 0.2) is 30.3 Å². The molecule has 0 heterocycles. The van der Waals surface area contributed by atoms with Crippen LogP contribution in [0.2, 0.25) is 0 Å². The highest BCUT2D eigenvalue weighted by atomic mass is 16.4. The number of carboxylic acids is 1. The molecule has 1 unspecified atom stereocenters. The normalized spacial score (nSPS) is 18.3. The summed E-state index contributed by atoms with van der Waals surface area (Å²) in [6.07, 6.45) is 5.90. The Morgan fingerprint density at radius 2 is 1.83 bits per heavy atom. The smallest absolute Gasteiger partial charge is 0.326 e. The van der Waals surface area contributed by atoms with Gasteiger partial charge in [0.1, 0.15) is 6.04 Å². The maximum Gasteiger partial charge on any atom is 0.326 e. The minimum Gasteiger partial charge on any atom is -0.480 e. The van der Waals surface area contributed by atoms with Crippen LogP contribution >= 0.6 is 0 Å². The maximum absolute atomic E-state index is 11.3. The van der Waals surface area contributed by atoms with Gasteiger partial charge < -0.3 is 10.0 Å². The molecule has 0 amide bonds. The molecule has 0 saturated heterocycles. The van der Waals surface area contributed by atoms with Crippen molar-refractivity contribution >= 4 is 11.7 Å². The third-order valence-corrected chi connectivity index (χ3v) is 3.80. The van der Waals surface area contributed by atoms with E-state index in [9.17, 15) is 9.90 Å². The molecule has 1 atom stereocenters. The molecule has 0 radical (unpaired) electrons. The number of carbonyl (C=O) groups is 1. The first-order valence-corrected chi connectivity index (χ1v) is 6.76. The number of nitrogens with zero attached hydrogens (tertiary/aromatic N) is 1. The number of rotatable bonds is 4. The molecule has 1 aliphatic carbocycles. The summed E-state index contributed by atoms with van der Waals surface area (Å²) in [4.78, 5) is 13.4. The van der Waals surface area contributed by atoms with Crippen LogP contribution < -0.4 is 4.90 Å². The molecule has 1 aliphatic rings. The Kier molecular flexibility index (Phi) is 4.24. The number of anilines is 1. The summed E-state index contributed by atoms with van der Waals surface area (Å²) in [7, 11) is 0. The topological polar surface area (TPSA) is 40.5 Å². The van der Waals surface area contributed by atoms with Crippen molar-refractivity contribution in [2.24, 2.45) is 0 Å². The fourth-order valence-electron chi connectivity index (χ4n) is 2.83. The van der Waals surface area contributed by atoms with Gasteiger partial charge in [-0.1, -0.05) is 37.5 Å². The highest BCUT2D eigenvalue weighted by molar-refractivity contribution is 5.78. The first kappa shape index (κ1) is 12.9. The first-order valence-electron chi connectivity index (χ1n) is 6.76. The van der Waals surface area contributed by atoms with Crippen LogP contribution in [0.25, 0.3) is 0 Å². The Labute approximate surface area is 108 Å². The number of para-hydroxylation sites is 1. The first-order chi connectivity index (χ1) is 8.70. The third kappa shape index (κ3) is 2.84. The van der Waals surface area contributed by atoms with E-state index >= 15 is 0 Å². The highest BCUT2D eigenvalue weighted by Crippen LogP contribution is 2.29. The minimum absolute atomic E-state index is 0.368. The largest absolute Gasteiger partial charge is 0.480 e. The molecule has 0 aliphatic heterocycles. The zero-order chi connectivity index (χ0) is 13.0. The van der Waals surface area contributed by atoms with Gasteiger partial charge in [-0.2, -0.15) is 0 Å². The fourth-order valence-corrected chi connectivity index (χ4v) is 2.83. The van der Waals surface area contributed by atoms with Crippen molar-refractivity contribution in [1.29, 1.82) is 0 Å². The lowest BCUT2D eigenvalue weighted by Gasteiger charge is -2.38. The van der Waals surface area contributed by atoms with Gasteiger partial charge >= 0.3 is 5.97 Å². The summed E-state index contributed by atoms with van der Waals surface area (Å²) in [5.41, 5.74) is 1.03. The molecule has 1 aromatic carbocycles.